The fourth-order valence-corrected chi connectivity index (χ4v) is 1.87. The smallest absolute Gasteiger partial charge is 0.126 e. The molecule has 0 aromatic heterocycles. The SMILES string of the molecule is C=CCN(CC=C)c1cc(C)c(F)cc1C(C)O. The Morgan fingerprint density at radius 3 is 2.33 bits per heavy atom. The molecule has 2 nitrogen and oxygen atoms in total. The molecule has 1 unspecified atom stereocenters. The van der Waals surface area contributed by atoms with Gasteiger partial charge in [0.25, 0.3) is 0 Å². The highest BCUT2D eigenvalue weighted by Crippen LogP contribution is 2.29. The number of hydrogen-bond donors (Lipinski definition) is 1. The monoisotopic (exact) mass is 249 g/mol. The van der Waals surface area contributed by atoms with Gasteiger partial charge in [-0.2, -0.15) is 0 Å². The zero-order chi connectivity index (χ0) is 13.7. The molecule has 98 valence electrons. The molecular weight excluding hydrogens is 229 g/mol. The highest BCUT2D eigenvalue weighted by Gasteiger charge is 2.15. The minimum atomic E-state index is -0.716. The van der Waals surface area contributed by atoms with E-state index >= 15 is 0 Å². The van der Waals surface area contributed by atoms with Gasteiger partial charge in [0, 0.05) is 24.3 Å². The molecule has 0 radical (unpaired) electrons. The van der Waals surface area contributed by atoms with Crippen molar-refractivity contribution in [2.24, 2.45) is 0 Å². The summed E-state index contributed by atoms with van der Waals surface area (Å²) in [6, 6.07) is 3.15. The fraction of sp³-hybridized carbons (Fsp3) is 0.333. The van der Waals surface area contributed by atoms with Gasteiger partial charge in [-0.1, -0.05) is 12.2 Å². The highest BCUT2D eigenvalue weighted by atomic mass is 19.1. The molecule has 1 aromatic carbocycles. The topological polar surface area (TPSA) is 23.5 Å². The Hall–Kier alpha value is -1.61. The first-order valence-electron chi connectivity index (χ1n) is 5.96. The number of aliphatic hydroxyl groups is 1. The second-order valence-electron chi connectivity index (χ2n) is 4.32. The summed E-state index contributed by atoms with van der Waals surface area (Å²) in [5, 5.41) is 9.76. The average Bonchev–Trinajstić information content (AvgIpc) is 2.31. The molecule has 0 amide bonds. The molecule has 3 heteroatoms. The summed E-state index contributed by atoms with van der Waals surface area (Å²) in [6.07, 6.45) is 2.83. The summed E-state index contributed by atoms with van der Waals surface area (Å²) in [4.78, 5) is 1.99. The standard InChI is InChI=1S/C15H20FNO/c1-5-7-17(8-6-2)15-9-11(3)14(16)10-13(15)12(4)18/h5-6,9-10,12,18H,1-2,7-8H2,3-4H3. The van der Waals surface area contributed by atoms with Crippen LogP contribution in [0.1, 0.15) is 24.2 Å². The van der Waals surface area contributed by atoms with Gasteiger partial charge in [-0.05, 0) is 31.5 Å². The summed E-state index contributed by atoms with van der Waals surface area (Å²) in [5.41, 5.74) is 1.97. The number of aliphatic hydroxyl groups excluding tert-OH is 1. The number of hydrogen-bond acceptors (Lipinski definition) is 2. The molecule has 1 N–H and O–H groups in total. The molecule has 0 saturated carbocycles. The van der Waals surface area contributed by atoms with Crippen LogP contribution in [-0.2, 0) is 0 Å². The van der Waals surface area contributed by atoms with Crippen LogP contribution in [0.5, 0.6) is 0 Å². The van der Waals surface area contributed by atoms with E-state index in [0.717, 1.165) is 5.69 Å². The first kappa shape index (κ1) is 14.5. The number of halogens is 1. The number of aryl methyl sites for hydroxylation is 1. The van der Waals surface area contributed by atoms with Crippen LogP contribution < -0.4 is 4.90 Å². The van der Waals surface area contributed by atoms with Crippen molar-refractivity contribution in [2.45, 2.75) is 20.0 Å². The second kappa shape index (κ2) is 6.36. The number of rotatable bonds is 6. The molecule has 0 saturated heterocycles. The zero-order valence-electron chi connectivity index (χ0n) is 11.0. The summed E-state index contributed by atoms with van der Waals surface area (Å²) in [7, 11) is 0. The summed E-state index contributed by atoms with van der Waals surface area (Å²) in [6.45, 7) is 12.0. The first-order chi connectivity index (χ1) is 8.51. The third-order valence-electron chi connectivity index (χ3n) is 2.80. The molecule has 0 bridgehead atoms. The molecule has 0 aliphatic carbocycles. The Balaban J connectivity index is 3.29. The average molecular weight is 249 g/mol. The van der Waals surface area contributed by atoms with E-state index in [-0.39, 0.29) is 5.82 Å². The van der Waals surface area contributed by atoms with Crippen molar-refractivity contribution in [3.05, 3.63) is 54.4 Å². The Bertz CT molecular complexity index is 430. The summed E-state index contributed by atoms with van der Waals surface area (Å²) < 4.78 is 13.6. The van der Waals surface area contributed by atoms with Crippen molar-refractivity contribution in [2.75, 3.05) is 18.0 Å². The van der Waals surface area contributed by atoms with Crippen molar-refractivity contribution >= 4 is 5.69 Å². The van der Waals surface area contributed by atoms with Gasteiger partial charge in [-0.25, -0.2) is 4.39 Å². The maximum atomic E-state index is 13.6. The van der Waals surface area contributed by atoms with Gasteiger partial charge in [0.15, 0.2) is 0 Å². The van der Waals surface area contributed by atoms with Gasteiger partial charge in [-0.3, -0.25) is 0 Å². The molecule has 0 heterocycles. The molecule has 0 spiro atoms. The largest absolute Gasteiger partial charge is 0.389 e. The molecule has 0 fully saturated rings. The van der Waals surface area contributed by atoms with E-state index in [4.69, 9.17) is 0 Å². The van der Waals surface area contributed by atoms with Gasteiger partial charge in [-0.15, -0.1) is 13.2 Å². The second-order valence-corrected chi connectivity index (χ2v) is 4.32. The van der Waals surface area contributed by atoms with E-state index in [1.54, 1.807) is 32.1 Å². The van der Waals surface area contributed by atoms with E-state index < -0.39 is 6.10 Å². The summed E-state index contributed by atoms with van der Waals surface area (Å²) in [5.74, 6) is -0.299. The molecule has 1 aromatic rings. The lowest BCUT2D eigenvalue weighted by atomic mass is 10.0. The fourth-order valence-electron chi connectivity index (χ4n) is 1.87. The molecular formula is C15H20FNO. The van der Waals surface area contributed by atoms with Crippen molar-refractivity contribution in [3.8, 4) is 0 Å². The Kier molecular flexibility index (Phi) is 5.10. The van der Waals surface area contributed by atoms with E-state index in [9.17, 15) is 9.50 Å². The van der Waals surface area contributed by atoms with Crippen LogP contribution in [0.15, 0.2) is 37.4 Å². The number of nitrogens with zero attached hydrogens (tertiary/aromatic N) is 1. The third-order valence-corrected chi connectivity index (χ3v) is 2.80. The Morgan fingerprint density at radius 1 is 1.33 bits per heavy atom. The van der Waals surface area contributed by atoms with E-state index in [1.165, 1.54) is 6.07 Å². The quantitative estimate of drug-likeness (QED) is 0.781. The van der Waals surface area contributed by atoms with Crippen LogP contribution in [0.25, 0.3) is 0 Å². The van der Waals surface area contributed by atoms with Gasteiger partial charge >= 0.3 is 0 Å². The normalized spacial score (nSPS) is 12.0. The van der Waals surface area contributed by atoms with Gasteiger partial charge < -0.3 is 10.0 Å². The minimum absolute atomic E-state index is 0.299. The van der Waals surface area contributed by atoms with Crippen LogP contribution >= 0.6 is 0 Å². The van der Waals surface area contributed by atoms with Crippen LogP contribution in [0, 0.1) is 12.7 Å². The molecule has 0 aliphatic rings. The summed E-state index contributed by atoms with van der Waals surface area (Å²) >= 11 is 0. The van der Waals surface area contributed by atoms with E-state index in [2.05, 4.69) is 13.2 Å². The molecule has 18 heavy (non-hydrogen) atoms. The van der Waals surface area contributed by atoms with E-state index in [1.807, 2.05) is 4.90 Å². The maximum absolute atomic E-state index is 13.6. The van der Waals surface area contributed by atoms with Crippen LogP contribution in [0.3, 0.4) is 0 Å². The number of anilines is 1. The van der Waals surface area contributed by atoms with Crippen LogP contribution in [0.2, 0.25) is 0 Å². The number of benzene rings is 1. The Labute approximate surface area is 108 Å². The highest BCUT2D eigenvalue weighted by molar-refractivity contribution is 5.57. The third kappa shape index (κ3) is 3.20. The zero-order valence-corrected chi connectivity index (χ0v) is 11.0. The van der Waals surface area contributed by atoms with Gasteiger partial charge in [0.05, 0.1) is 6.10 Å². The maximum Gasteiger partial charge on any atom is 0.126 e. The predicted molar refractivity (Wildman–Crippen MR) is 74.4 cm³/mol. The lowest BCUT2D eigenvalue weighted by Gasteiger charge is -2.26. The Morgan fingerprint density at radius 2 is 1.89 bits per heavy atom. The van der Waals surface area contributed by atoms with Crippen molar-refractivity contribution in [1.29, 1.82) is 0 Å². The lowest BCUT2D eigenvalue weighted by molar-refractivity contribution is 0.199. The van der Waals surface area contributed by atoms with Crippen molar-refractivity contribution in [1.82, 2.24) is 0 Å². The van der Waals surface area contributed by atoms with Gasteiger partial charge in [0.1, 0.15) is 5.82 Å². The van der Waals surface area contributed by atoms with Crippen molar-refractivity contribution in [3.63, 3.8) is 0 Å². The predicted octanol–water partition coefficient (Wildman–Crippen LogP) is 3.37. The molecule has 1 atom stereocenters. The van der Waals surface area contributed by atoms with Crippen molar-refractivity contribution < 1.29 is 9.50 Å². The van der Waals surface area contributed by atoms with Crippen LogP contribution in [0.4, 0.5) is 10.1 Å². The van der Waals surface area contributed by atoms with E-state index in [0.29, 0.717) is 24.2 Å². The first-order valence-corrected chi connectivity index (χ1v) is 5.96. The molecule has 0 aliphatic heterocycles. The molecule has 1 rings (SSSR count). The lowest BCUT2D eigenvalue weighted by Crippen LogP contribution is -2.25. The van der Waals surface area contributed by atoms with Crippen LogP contribution in [-0.4, -0.2) is 18.2 Å². The minimum Gasteiger partial charge on any atom is -0.389 e. The van der Waals surface area contributed by atoms with Gasteiger partial charge in [0.2, 0.25) is 0 Å².